The minimum atomic E-state index is -0.0757. The number of methoxy groups -OCH3 is 1. The zero-order valence-corrected chi connectivity index (χ0v) is 12.3. The number of nitrogens with one attached hydrogen (secondary N) is 2. The number of amides is 1. The van der Waals surface area contributed by atoms with Gasteiger partial charge in [-0.3, -0.25) is 9.48 Å². The maximum absolute atomic E-state index is 11.8. The molecule has 21 heavy (non-hydrogen) atoms. The second kappa shape index (κ2) is 7.44. The third-order valence-electron chi connectivity index (χ3n) is 3.12. The van der Waals surface area contributed by atoms with Crippen molar-refractivity contribution in [3.8, 4) is 5.75 Å². The molecular weight excluding hydrogens is 268 g/mol. The van der Waals surface area contributed by atoms with E-state index in [2.05, 4.69) is 15.7 Å². The minimum absolute atomic E-state index is 0.0757. The van der Waals surface area contributed by atoms with E-state index < -0.39 is 0 Å². The fourth-order valence-electron chi connectivity index (χ4n) is 1.97. The molecule has 2 aromatic rings. The molecule has 0 aliphatic heterocycles. The van der Waals surface area contributed by atoms with Gasteiger partial charge in [0.2, 0.25) is 5.91 Å². The molecular formula is C15H20N4O2. The molecule has 2 rings (SSSR count). The largest absolute Gasteiger partial charge is 0.497 e. The van der Waals surface area contributed by atoms with Crippen molar-refractivity contribution in [2.75, 3.05) is 25.5 Å². The Hall–Kier alpha value is -2.34. The molecule has 0 saturated carbocycles. The quantitative estimate of drug-likeness (QED) is 0.751. The van der Waals surface area contributed by atoms with E-state index in [1.54, 1.807) is 19.4 Å². The Kier molecular flexibility index (Phi) is 5.34. The van der Waals surface area contributed by atoms with Gasteiger partial charge in [-0.25, -0.2) is 0 Å². The Morgan fingerprint density at radius 2 is 2.24 bits per heavy atom. The zero-order valence-electron chi connectivity index (χ0n) is 12.3. The molecule has 0 radical (unpaired) electrons. The molecule has 1 heterocycles. The molecule has 6 heteroatoms. The lowest BCUT2D eigenvalue weighted by molar-refractivity contribution is -0.115. The summed E-state index contributed by atoms with van der Waals surface area (Å²) in [5, 5.41) is 10.0. The lowest BCUT2D eigenvalue weighted by atomic mass is 10.3. The average Bonchev–Trinajstić information content (AvgIpc) is 2.89. The summed E-state index contributed by atoms with van der Waals surface area (Å²) in [6.07, 6.45) is 2.60. The predicted octanol–water partition coefficient (Wildman–Crippen LogP) is 1.20. The van der Waals surface area contributed by atoms with Crippen LogP contribution in [0.15, 0.2) is 36.5 Å². The maximum atomic E-state index is 11.8. The standard InChI is InChI=1S/C15H20N4O2/c1-19-13(7-9-17-19)6-8-16-11-15(20)18-12-4-3-5-14(10-12)21-2/h3-5,7,9-10,16H,6,8,11H2,1-2H3,(H,18,20). The number of carbonyl (C=O) groups excluding carboxylic acids is 1. The molecule has 1 aromatic carbocycles. The van der Waals surface area contributed by atoms with Crippen LogP contribution >= 0.6 is 0 Å². The van der Waals surface area contributed by atoms with Crippen molar-refractivity contribution in [2.24, 2.45) is 7.05 Å². The molecule has 1 amide bonds. The van der Waals surface area contributed by atoms with Crippen LogP contribution in [0.4, 0.5) is 5.69 Å². The van der Waals surface area contributed by atoms with E-state index in [9.17, 15) is 4.79 Å². The molecule has 6 nitrogen and oxygen atoms in total. The van der Waals surface area contributed by atoms with Crippen molar-refractivity contribution in [3.63, 3.8) is 0 Å². The van der Waals surface area contributed by atoms with Gasteiger partial charge in [-0.1, -0.05) is 6.07 Å². The second-order valence-corrected chi connectivity index (χ2v) is 4.65. The molecule has 0 bridgehead atoms. The summed E-state index contributed by atoms with van der Waals surface area (Å²) in [6, 6.07) is 9.26. The summed E-state index contributed by atoms with van der Waals surface area (Å²) in [5.41, 5.74) is 1.86. The Morgan fingerprint density at radius 3 is 2.95 bits per heavy atom. The molecule has 0 aliphatic carbocycles. The van der Waals surface area contributed by atoms with Gasteiger partial charge in [0.15, 0.2) is 0 Å². The number of hydrogen-bond donors (Lipinski definition) is 2. The van der Waals surface area contributed by atoms with E-state index in [1.165, 1.54) is 0 Å². The monoisotopic (exact) mass is 288 g/mol. The Morgan fingerprint density at radius 1 is 1.38 bits per heavy atom. The average molecular weight is 288 g/mol. The minimum Gasteiger partial charge on any atom is -0.497 e. The second-order valence-electron chi connectivity index (χ2n) is 4.65. The first-order valence-corrected chi connectivity index (χ1v) is 6.80. The third kappa shape index (κ3) is 4.61. The Labute approximate surface area is 124 Å². The molecule has 112 valence electrons. The predicted molar refractivity (Wildman–Crippen MR) is 81.4 cm³/mol. The van der Waals surface area contributed by atoms with Crippen LogP contribution in [0, 0.1) is 0 Å². The van der Waals surface area contributed by atoms with Crippen LogP contribution in [-0.2, 0) is 18.3 Å². The number of carbonyl (C=O) groups is 1. The van der Waals surface area contributed by atoms with Crippen LogP contribution in [0.25, 0.3) is 0 Å². The van der Waals surface area contributed by atoms with E-state index in [0.717, 1.165) is 30.1 Å². The van der Waals surface area contributed by atoms with E-state index >= 15 is 0 Å². The first-order chi connectivity index (χ1) is 10.2. The van der Waals surface area contributed by atoms with Crippen molar-refractivity contribution in [1.29, 1.82) is 0 Å². The highest BCUT2D eigenvalue weighted by Gasteiger charge is 2.03. The number of benzene rings is 1. The number of rotatable bonds is 7. The maximum Gasteiger partial charge on any atom is 0.238 e. The zero-order chi connectivity index (χ0) is 15.1. The lowest BCUT2D eigenvalue weighted by Gasteiger charge is -2.08. The number of nitrogens with zero attached hydrogens (tertiary/aromatic N) is 2. The van der Waals surface area contributed by atoms with Crippen molar-refractivity contribution < 1.29 is 9.53 Å². The molecule has 0 spiro atoms. The van der Waals surface area contributed by atoms with Gasteiger partial charge in [0.05, 0.1) is 13.7 Å². The van der Waals surface area contributed by atoms with E-state index in [0.29, 0.717) is 0 Å². The van der Waals surface area contributed by atoms with Gasteiger partial charge < -0.3 is 15.4 Å². The number of anilines is 1. The van der Waals surface area contributed by atoms with Gasteiger partial charge in [-0.2, -0.15) is 5.10 Å². The van der Waals surface area contributed by atoms with E-state index in [4.69, 9.17) is 4.74 Å². The molecule has 0 fully saturated rings. The summed E-state index contributed by atoms with van der Waals surface area (Å²) in [7, 11) is 3.51. The van der Waals surface area contributed by atoms with Crippen LogP contribution in [0.3, 0.4) is 0 Å². The fourth-order valence-corrected chi connectivity index (χ4v) is 1.97. The van der Waals surface area contributed by atoms with Crippen molar-refractivity contribution in [2.45, 2.75) is 6.42 Å². The topological polar surface area (TPSA) is 68.2 Å². The first-order valence-electron chi connectivity index (χ1n) is 6.80. The highest BCUT2D eigenvalue weighted by atomic mass is 16.5. The number of ether oxygens (including phenoxy) is 1. The Balaban J connectivity index is 1.71. The van der Waals surface area contributed by atoms with Crippen LogP contribution in [0.2, 0.25) is 0 Å². The van der Waals surface area contributed by atoms with Crippen LogP contribution in [0.5, 0.6) is 5.75 Å². The normalized spacial score (nSPS) is 10.4. The lowest BCUT2D eigenvalue weighted by Crippen LogP contribution is -2.29. The molecule has 2 N–H and O–H groups in total. The van der Waals surface area contributed by atoms with Gasteiger partial charge in [-0.05, 0) is 18.2 Å². The van der Waals surface area contributed by atoms with Crippen molar-refractivity contribution in [3.05, 3.63) is 42.2 Å². The first kappa shape index (κ1) is 15.1. The summed E-state index contributed by atoms with van der Waals surface area (Å²) in [5.74, 6) is 0.644. The molecule has 1 aromatic heterocycles. The fraction of sp³-hybridized carbons (Fsp3) is 0.333. The summed E-state index contributed by atoms with van der Waals surface area (Å²) < 4.78 is 6.94. The molecule has 0 saturated heterocycles. The summed E-state index contributed by atoms with van der Waals surface area (Å²) >= 11 is 0. The van der Waals surface area contributed by atoms with Crippen molar-refractivity contribution in [1.82, 2.24) is 15.1 Å². The number of aryl methyl sites for hydroxylation is 1. The number of aromatic nitrogens is 2. The Bertz CT molecular complexity index is 595. The highest BCUT2D eigenvalue weighted by molar-refractivity contribution is 5.92. The van der Waals surface area contributed by atoms with E-state index in [1.807, 2.05) is 36.0 Å². The molecule has 0 aliphatic rings. The molecule has 0 atom stereocenters. The van der Waals surface area contributed by atoms with Gasteiger partial charge in [-0.15, -0.1) is 0 Å². The third-order valence-corrected chi connectivity index (χ3v) is 3.12. The van der Waals surface area contributed by atoms with Crippen LogP contribution < -0.4 is 15.4 Å². The SMILES string of the molecule is COc1cccc(NC(=O)CNCCc2ccnn2C)c1. The smallest absolute Gasteiger partial charge is 0.238 e. The summed E-state index contributed by atoms with van der Waals surface area (Å²) in [6.45, 7) is 1.00. The van der Waals surface area contributed by atoms with Crippen LogP contribution in [-0.4, -0.2) is 35.9 Å². The van der Waals surface area contributed by atoms with Gasteiger partial charge in [0.25, 0.3) is 0 Å². The summed E-state index contributed by atoms with van der Waals surface area (Å²) in [4.78, 5) is 11.8. The van der Waals surface area contributed by atoms with Gasteiger partial charge >= 0.3 is 0 Å². The van der Waals surface area contributed by atoms with Gasteiger partial charge in [0, 0.05) is 43.7 Å². The molecule has 0 unspecified atom stereocenters. The van der Waals surface area contributed by atoms with Crippen LogP contribution in [0.1, 0.15) is 5.69 Å². The van der Waals surface area contributed by atoms with Gasteiger partial charge in [0.1, 0.15) is 5.75 Å². The number of hydrogen-bond acceptors (Lipinski definition) is 4. The van der Waals surface area contributed by atoms with Crippen molar-refractivity contribution >= 4 is 11.6 Å². The highest BCUT2D eigenvalue weighted by Crippen LogP contribution is 2.16. The van der Waals surface area contributed by atoms with E-state index in [-0.39, 0.29) is 12.5 Å².